The van der Waals surface area contributed by atoms with E-state index in [1.165, 1.54) is 17.4 Å². The topological polar surface area (TPSA) is 124 Å². The van der Waals surface area contributed by atoms with Crippen LogP contribution in [0.2, 0.25) is 4.71 Å². The van der Waals surface area contributed by atoms with Crippen LogP contribution in [0.15, 0.2) is 42.9 Å². The monoisotopic (exact) mass is 438 g/mol. The number of benzene rings is 1. The predicted molar refractivity (Wildman–Crippen MR) is 106 cm³/mol. The number of hydrogen-bond donors (Lipinski definition) is 3. The molecule has 28 heavy (non-hydrogen) atoms. The summed E-state index contributed by atoms with van der Waals surface area (Å²) in [4.78, 5) is 22.1. The van der Waals surface area contributed by atoms with Crippen LogP contribution in [0.5, 0.6) is 0 Å². The van der Waals surface area contributed by atoms with E-state index in [-0.39, 0.29) is 5.56 Å². The van der Waals surface area contributed by atoms with Gasteiger partial charge in [0.05, 0.1) is 12.4 Å². The van der Waals surface area contributed by atoms with Gasteiger partial charge < -0.3 is 0 Å². The van der Waals surface area contributed by atoms with Crippen LogP contribution in [-0.4, -0.2) is 53.8 Å². The summed E-state index contributed by atoms with van der Waals surface area (Å²) in [6.45, 7) is 0. The fourth-order valence-electron chi connectivity index (χ4n) is 3.20. The summed E-state index contributed by atoms with van der Waals surface area (Å²) in [5.41, 5.74) is 7.24. The number of carbonyl (C=O) groups is 1. The van der Waals surface area contributed by atoms with E-state index in [4.69, 9.17) is 5.73 Å². The Bertz CT molecular complexity index is 977. The SMILES string of the molecule is NC(=O)c1cnc(NC2CCCC2[As])nc1Nc1cccc(-n2nccn2)c1. The van der Waals surface area contributed by atoms with Crippen molar-refractivity contribution in [3.63, 3.8) is 0 Å². The average molecular weight is 438 g/mol. The van der Waals surface area contributed by atoms with Crippen molar-refractivity contribution < 1.29 is 4.79 Å². The molecule has 0 spiro atoms. The molecule has 2 radical (unpaired) electrons. The Morgan fingerprint density at radius 1 is 1.25 bits per heavy atom. The Kier molecular flexibility index (Phi) is 5.25. The standard InChI is InChI=1S/C18H19AsN8O/c19-14-5-2-6-15(14)25-18-21-10-13(16(20)28)17(26-18)24-11-3-1-4-12(9-11)27-22-7-8-23-27/h1,3-4,7-10,14-15H,2,5-6H2,(H2,20,28)(H2,21,24,25,26). The summed E-state index contributed by atoms with van der Waals surface area (Å²) in [6.07, 6.45) is 8.08. The van der Waals surface area contributed by atoms with Crippen molar-refractivity contribution in [1.29, 1.82) is 0 Å². The van der Waals surface area contributed by atoms with Crippen LogP contribution >= 0.6 is 0 Å². The number of nitrogens with two attached hydrogens (primary N) is 1. The number of hydrogen-bond acceptors (Lipinski definition) is 7. The van der Waals surface area contributed by atoms with E-state index < -0.39 is 5.91 Å². The summed E-state index contributed by atoms with van der Waals surface area (Å²) in [5, 5.41) is 14.8. The second-order valence-corrected chi connectivity index (χ2v) is 7.95. The molecule has 3 aromatic rings. The predicted octanol–water partition coefficient (Wildman–Crippen LogP) is 1.82. The van der Waals surface area contributed by atoms with Gasteiger partial charge in [0.2, 0.25) is 0 Å². The van der Waals surface area contributed by atoms with Gasteiger partial charge in [0.15, 0.2) is 0 Å². The minimum atomic E-state index is -0.593. The average Bonchev–Trinajstić information content (AvgIpc) is 3.35. The number of nitrogens with one attached hydrogen (secondary N) is 2. The maximum atomic E-state index is 11.8. The molecule has 1 aliphatic rings. The van der Waals surface area contributed by atoms with Crippen LogP contribution in [0.25, 0.3) is 5.69 Å². The van der Waals surface area contributed by atoms with Gasteiger partial charge in [-0.25, -0.2) is 0 Å². The second kappa shape index (κ2) is 7.98. The van der Waals surface area contributed by atoms with Gasteiger partial charge in [-0.2, -0.15) is 0 Å². The first-order chi connectivity index (χ1) is 13.6. The van der Waals surface area contributed by atoms with Crippen LogP contribution in [0.3, 0.4) is 0 Å². The van der Waals surface area contributed by atoms with Crippen LogP contribution < -0.4 is 16.4 Å². The molecule has 4 N–H and O–H groups in total. The summed E-state index contributed by atoms with van der Waals surface area (Å²) < 4.78 is 0.501. The van der Waals surface area contributed by atoms with Crippen molar-refractivity contribution in [3.8, 4) is 5.69 Å². The normalized spacial score (nSPS) is 18.8. The van der Waals surface area contributed by atoms with E-state index in [0.29, 0.717) is 22.5 Å². The molecule has 0 saturated heterocycles. The molecular weight excluding hydrogens is 419 g/mol. The third-order valence-corrected chi connectivity index (χ3v) is 5.90. The summed E-state index contributed by atoms with van der Waals surface area (Å²) in [5.74, 6) is 0.237. The van der Waals surface area contributed by atoms with Crippen LogP contribution in [0.4, 0.5) is 17.5 Å². The fraction of sp³-hybridized carbons (Fsp3) is 0.278. The Morgan fingerprint density at radius 2 is 2.07 bits per heavy atom. The zero-order chi connectivity index (χ0) is 19.5. The van der Waals surface area contributed by atoms with Crippen LogP contribution in [0.1, 0.15) is 29.6 Å². The molecule has 1 saturated carbocycles. The van der Waals surface area contributed by atoms with Gasteiger partial charge in [-0.3, -0.25) is 0 Å². The Labute approximate surface area is 170 Å². The molecular formula is C18H19AsN8O. The first kappa shape index (κ1) is 18.4. The molecule has 2 atom stereocenters. The number of nitrogens with zero attached hydrogens (tertiary/aromatic N) is 5. The molecule has 1 amide bonds. The number of anilines is 3. The van der Waals surface area contributed by atoms with Crippen molar-refractivity contribution in [2.75, 3.05) is 10.6 Å². The van der Waals surface area contributed by atoms with Gasteiger partial charge in [-0.1, -0.05) is 0 Å². The van der Waals surface area contributed by atoms with Gasteiger partial charge >= 0.3 is 158 Å². The molecule has 0 bridgehead atoms. The van der Waals surface area contributed by atoms with Gasteiger partial charge in [0.25, 0.3) is 0 Å². The molecule has 0 aliphatic heterocycles. The third kappa shape index (κ3) is 3.99. The van der Waals surface area contributed by atoms with Gasteiger partial charge in [-0.05, 0) is 0 Å². The molecule has 2 heterocycles. The van der Waals surface area contributed by atoms with Gasteiger partial charge in [-0.15, -0.1) is 0 Å². The van der Waals surface area contributed by atoms with E-state index in [1.807, 2.05) is 24.3 Å². The zero-order valence-corrected chi connectivity index (χ0v) is 16.9. The second-order valence-electron chi connectivity index (χ2n) is 6.56. The third-order valence-electron chi connectivity index (χ3n) is 4.61. The molecule has 10 heteroatoms. The molecule has 1 aromatic carbocycles. The van der Waals surface area contributed by atoms with Gasteiger partial charge in [0.1, 0.15) is 0 Å². The molecule has 9 nitrogen and oxygen atoms in total. The van der Waals surface area contributed by atoms with Crippen LogP contribution in [-0.2, 0) is 0 Å². The van der Waals surface area contributed by atoms with Crippen molar-refractivity contribution >= 4 is 40.2 Å². The first-order valence-electron chi connectivity index (χ1n) is 8.95. The Balaban J connectivity index is 1.61. The number of carbonyl (C=O) groups excluding carboxylic acids is 1. The summed E-state index contributed by atoms with van der Waals surface area (Å²) in [7, 11) is 0. The fourth-order valence-corrected chi connectivity index (χ4v) is 4.05. The molecule has 4 rings (SSSR count). The van der Waals surface area contributed by atoms with E-state index in [0.717, 1.165) is 24.2 Å². The van der Waals surface area contributed by atoms with E-state index in [9.17, 15) is 4.79 Å². The van der Waals surface area contributed by atoms with E-state index in [1.54, 1.807) is 12.4 Å². The number of amides is 1. The summed E-state index contributed by atoms with van der Waals surface area (Å²) in [6, 6.07) is 7.78. The molecule has 2 unspecified atom stereocenters. The zero-order valence-electron chi connectivity index (χ0n) is 15.0. The Hall–Kier alpha value is -2.93. The van der Waals surface area contributed by atoms with Crippen molar-refractivity contribution in [2.45, 2.75) is 30.0 Å². The minimum absolute atomic E-state index is 0.225. The Morgan fingerprint density at radius 3 is 2.79 bits per heavy atom. The molecule has 1 aliphatic carbocycles. The number of rotatable bonds is 6. The van der Waals surface area contributed by atoms with Gasteiger partial charge in [0, 0.05) is 0 Å². The molecule has 1 fully saturated rings. The van der Waals surface area contributed by atoms with Crippen molar-refractivity contribution in [3.05, 3.63) is 48.4 Å². The quantitative estimate of drug-likeness (QED) is 0.502. The number of primary amides is 1. The van der Waals surface area contributed by atoms with E-state index >= 15 is 0 Å². The first-order valence-corrected chi connectivity index (χ1v) is 10.0. The summed E-state index contributed by atoms with van der Waals surface area (Å²) >= 11 is 2.70. The maximum absolute atomic E-state index is 11.8. The van der Waals surface area contributed by atoms with E-state index in [2.05, 4.69) is 47.7 Å². The molecule has 2 aromatic heterocycles. The van der Waals surface area contributed by atoms with Crippen molar-refractivity contribution in [1.82, 2.24) is 25.0 Å². The van der Waals surface area contributed by atoms with Crippen molar-refractivity contribution in [2.24, 2.45) is 5.73 Å². The molecule has 142 valence electrons. The number of aromatic nitrogens is 5. The van der Waals surface area contributed by atoms with Crippen LogP contribution in [0, 0.1) is 0 Å².